The van der Waals surface area contributed by atoms with Gasteiger partial charge in [-0.3, -0.25) is 9.59 Å². The summed E-state index contributed by atoms with van der Waals surface area (Å²) in [6, 6.07) is 24.2. The van der Waals surface area contributed by atoms with Crippen LogP contribution in [0.5, 0.6) is 0 Å². The van der Waals surface area contributed by atoms with Crippen molar-refractivity contribution in [1.82, 2.24) is 10.2 Å². The molecule has 0 fully saturated rings. The van der Waals surface area contributed by atoms with Crippen LogP contribution in [0.4, 0.5) is 0 Å². The lowest BCUT2D eigenvalue weighted by Gasteiger charge is -2.31. The topological polar surface area (TPSA) is 49.4 Å². The lowest BCUT2D eigenvalue weighted by atomic mass is 10.0. The predicted octanol–water partition coefficient (Wildman–Crippen LogP) is 5.42. The van der Waals surface area contributed by atoms with Gasteiger partial charge in [0.05, 0.1) is 6.42 Å². The molecule has 32 heavy (non-hydrogen) atoms. The Bertz CT molecular complexity index is 1020. The number of hydrogen-bond acceptors (Lipinski definition) is 2. The minimum absolute atomic E-state index is 0.109. The van der Waals surface area contributed by atoms with Crippen LogP contribution >= 0.6 is 27.5 Å². The Morgan fingerprint density at radius 1 is 0.906 bits per heavy atom. The average molecular weight is 514 g/mol. The van der Waals surface area contributed by atoms with Crippen molar-refractivity contribution in [2.75, 3.05) is 6.54 Å². The molecule has 166 valence electrons. The maximum atomic E-state index is 13.5. The first kappa shape index (κ1) is 24.0. The fraction of sp³-hybridized carbons (Fsp3) is 0.231. The second-order valence-electron chi connectivity index (χ2n) is 7.55. The van der Waals surface area contributed by atoms with E-state index in [1.54, 1.807) is 17.0 Å². The summed E-state index contributed by atoms with van der Waals surface area (Å²) < 4.78 is 0.963. The number of likely N-dealkylation sites (N-methyl/N-ethyl adjacent to an activating group) is 1. The number of amides is 2. The molecule has 0 saturated heterocycles. The molecule has 4 nitrogen and oxygen atoms in total. The standard InChI is InChI=1S/C26H26BrClN2O2/c1-2-29-26(32)24(16-19-6-4-3-5-7-19)30(18-21-8-12-22(27)13-9-21)25(31)17-20-10-14-23(28)15-11-20/h3-15,24H,2,16-18H2,1H3,(H,29,32)/t24-/m0/s1. The van der Waals surface area contributed by atoms with E-state index in [4.69, 9.17) is 11.6 Å². The fourth-order valence-corrected chi connectivity index (χ4v) is 3.90. The van der Waals surface area contributed by atoms with Crippen molar-refractivity contribution < 1.29 is 9.59 Å². The molecule has 3 rings (SSSR count). The van der Waals surface area contributed by atoms with E-state index in [9.17, 15) is 9.59 Å². The van der Waals surface area contributed by atoms with Gasteiger partial charge in [-0.15, -0.1) is 0 Å². The van der Waals surface area contributed by atoms with Crippen LogP contribution in [0, 0.1) is 0 Å². The number of nitrogens with zero attached hydrogens (tertiary/aromatic N) is 1. The summed E-state index contributed by atoms with van der Waals surface area (Å²) in [7, 11) is 0. The van der Waals surface area contributed by atoms with Crippen LogP contribution in [-0.2, 0) is 29.0 Å². The van der Waals surface area contributed by atoms with Gasteiger partial charge in [-0.2, -0.15) is 0 Å². The van der Waals surface area contributed by atoms with Gasteiger partial charge in [-0.25, -0.2) is 0 Å². The van der Waals surface area contributed by atoms with E-state index in [0.717, 1.165) is 21.2 Å². The van der Waals surface area contributed by atoms with Crippen LogP contribution in [0.25, 0.3) is 0 Å². The van der Waals surface area contributed by atoms with Gasteiger partial charge in [-0.05, 0) is 47.9 Å². The third-order valence-corrected chi connectivity index (χ3v) is 5.94. The van der Waals surface area contributed by atoms with E-state index < -0.39 is 6.04 Å². The molecule has 0 aliphatic rings. The largest absolute Gasteiger partial charge is 0.355 e. The molecule has 0 heterocycles. The molecule has 3 aromatic carbocycles. The number of benzene rings is 3. The lowest BCUT2D eigenvalue weighted by Crippen LogP contribution is -2.50. The zero-order chi connectivity index (χ0) is 22.9. The zero-order valence-corrected chi connectivity index (χ0v) is 20.3. The molecule has 1 N–H and O–H groups in total. The van der Waals surface area contributed by atoms with Crippen LogP contribution in [0.2, 0.25) is 5.02 Å². The van der Waals surface area contributed by atoms with Crippen LogP contribution < -0.4 is 5.32 Å². The summed E-state index contributed by atoms with van der Waals surface area (Å²) in [5.74, 6) is -0.264. The molecular formula is C26H26BrClN2O2. The summed E-state index contributed by atoms with van der Waals surface area (Å²) in [5.41, 5.74) is 2.82. The second-order valence-corrected chi connectivity index (χ2v) is 8.90. The highest BCUT2D eigenvalue weighted by atomic mass is 79.9. The molecule has 6 heteroatoms. The number of hydrogen-bond donors (Lipinski definition) is 1. The van der Waals surface area contributed by atoms with Crippen molar-refractivity contribution in [3.8, 4) is 0 Å². The Labute approximate surface area is 202 Å². The summed E-state index contributed by atoms with van der Waals surface area (Å²) in [4.78, 5) is 28.3. The summed E-state index contributed by atoms with van der Waals surface area (Å²) in [6.07, 6.45) is 0.633. The Kier molecular flexibility index (Phi) is 8.89. The molecule has 0 aliphatic heterocycles. The summed E-state index contributed by atoms with van der Waals surface area (Å²) in [5, 5.41) is 3.53. The van der Waals surface area contributed by atoms with Crippen molar-refractivity contribution in [3.63, 3.8) is 0 Å². The first-order chi connectivity index (χ1) is 15.5. The van der Waals surface area contributed by atoms with Gasteiger partial charge in [0.15, 0.2) is 0 Å². The molecule has 1 atom stereocenters. The molecule has 0 spiro atoms. The minimum Gasteiger partial charge on any atom is -0.355 e. The lowest BCUT2D eigenvalue weighted by molar-refractivity contribution is -0.140. The normalized spacial score (nSPS) is 11.6. The fourth-order valence-electron chi connectivity index (χ4n) is 3.51. The van der Waals surface area contributed by atoms with Gasteiger partial charge >= 0.3 is 0 Å². The number of rotatable bonds is 9. The van der Waals surface area contributed by atoms with E-state index in [-0.39, 0.29) is 18.2 Å². The van der Waals surface area contributed by atoms with Gasteiger partial charge in [-0.1, -0.05) is 82.1 Å². The number of carbonyl (C=O) groups excluding carboxylic acids is 2. The van der Waals surface area contributed by atoms with E-state index in [1.807, 2.05) is 73.7 Å². The summed E-state index contributed by atoms with van der Waals surface area (Å²) in [6.45, 7) is 2.72. The van der Waals surface area contributed by atoms with E-state index in [2.05, 4.69) is 21.2 Å². The number of nitrogens with one attached hydrogen (secondary N) is 1. The molecular weight excluding hydrogens is 488 g/mol. The molecule has 0 saturated carbocycles. The second kappa shape index (κ2) is 11.8. The third kappa shape index (κ3) is 6.94. The van der Waals surface area contributed by atoms with E-state index in [1.165, 1.54) is 0 Å². The van der Waals surface area contributed by atoms with Gasteiger partial charge in [0.1, 0.15) is 6.04 Å². The van der Waals surface area contributed by atoms with Gasteiger partial charge < -0.3 is 10.2 Å². The van der Waals surface area contributed by atoms with Crippen LogP contribution in [0.1, 0.15) is 23.6 Å². The zero-order valence-electron chi connectivity index (χ0n) is 17.9. The van der Waals surface area contributed by atoms with Crippen molar-refractivity contribution in [3.05, 3.63) is 105 Å². The smallest absolute Gasteiger partial charge is 0.243 e. The number of carbonyl (C=O) groups is 2. The maximum absolute atomic E-state index is 13.5. The Morgan fingerprint density at radius 3 is 2.16 bits per heavy atom. The molecule has 2 amide bonds. The SMILES string of the molecule is CCNC(=O)[C@H](Cc1ccccc1)N(Cc1ccc(Br)cc1)C(=O)Cc1ccc(Cl)cc1. The molecule has 0 radical (unpaired) electrons. The third-order valence-electron chi connectivity index (χ3n) is 5.16. The van der Waals surface area contributed by atoms with Crippen molar-refractivity contribution in [2.45, 2.75) is 32.4 Å². The van der Waals surface area contributed by atoms with Crippen LogP contribution in [0.3, 0.4) is 0 Å². The maximum Gasteiger partial charge on any atom is 0.243 e. The van der Waals surface area contributed by atoms with Crippen molar-refractivity contribution >= 4 is 39.3 Å². The Balaban J connectivity index is 1.93. The van der Waals surface area contributed by atoms with E-state index >= 15 is 0 Å². The first-order valence-corrected chi connectivity index (χ1v) is 11.7. The summed E-state index contributed by atoms with van der Waals surface area (Å²) >= 11 is 9.45. The van der Waals surface area contributed by atoms with Crippen molar-refractivity contribution in [1.29, 1.82) is 0 Å². The Hall–Kier alpha value is -2.63. The Morgan fingerprint density at radius 2 is 1.53 bits per heavy atom. The highest BCUT2D eigenvalue weighted by Gasteiger charge is 2.30. The molecule has 0 unspecified atom stereocenters. The predicted molar refractivity (Wildman–Crippen MR) is 132 cm³/mol. The highest BCUT2D eigenvalue weighted by Crippen LogP contribution is 2.19. The van der Waals surface area contributed by atoms with Gasteiger partial charge in [0.2, 0.25) is 11.8 Å². The van der Waals surface area contributed by atoms with Crippen LogP contribution in [-0.4, -0.2) is 29.3 Å². The van der Waals surface area contributed by atoms with Crippen molar-refractivity contribution in [2.24, 2.45) is 0 Å². The average Bonchev–Trinajstić information content (AvgIpc) is 2.79. The van der Waals surface area contributed by atoms with Gasteiger partial charge in [0.25, 0.3) is 0 Å². The highest BCUT2D eigenvalue weighted by molar-refractivity contribution is 9.10. The number of halogens is 2. The first-order valence-electron chi connectivity index (χ1n) is 10.6. The monoisotopic (exact) mass is 512 g/mol. The molecule has 0 aliphatic carbocycles. The quantitative estimate of drug-likeness (QED) is 0.415. The molecule has 0 aromatic heterocycles. The molecule has 0 bridgehead atoms. The minimum atomic E-state index is -0.624. The van der Waals surface area contributed by atoms with Crippen LogP contribution in [0.15, 0.2) is 83.3 Å². The van der Waals surface area contributed by atoms with Gasteiger partial charge in [0, 0.05) is 29.0 Å². The van der Waals surface area contributed by atoms with E-state index in [0.29, 0.717) is 24.5 Å². The molecule has 3 aromatic rings.